The Bertz CT molecular complexity index is 309. The average molecular weight is 240 g/mol. The predicted molar refractivity (Wildman–Crippen MR) is 59.0 cm³/mol. The van der Waals surface area contributed by atoms with Crippen LogP contribution < -0.4 is 5.32 Å². The molecule has 0 saturated carbocycles. The van der Waals surface area contributed by atoms with Gasteiger partial charge in [-0.25, -0.2) is 0 Å². The van der Waals surface area contributed by atoms with Gasteiger partial charge in [0.1, 0.15) is 0 Å². The van der Waals surface area contributed by atoms with Gasteiger partial charge in [-0.3, -0.25) is 0 Å². The van der Waals surface area contributed by atoms with Crippen LogP contribution in [0.2, 0.25) is 0 Å². The van der Waals surface area contributed by atoms with Crippen LogP contribution in [0, 0.1) is 0 Å². The first-order valence-electron chi connectivity index (χ1n) is 4.75. The zero-order chi connectivity index (χ0) is 9.26. The van der Waals surface area contributed by atoms with E-state index in [0.29, 0.717) is 6.04 Å². The van der Waals surface area contributed by atoms with Crippen molar-refractivity contribution in [2.75, 3.05) is 7.05 Å². The van der Waals surface area contributed by atoms with Crippen LogP contribution in [0.25, 0.3) is 0 Å². The quantitative estimate of drug-likeness (QED) is 0.795. The lowest BCUT2D eigenvalue weighted by Gasteiger charge is -2.24. The zero-order valence-corrected chi connectivity index (χ0v) is 9.39. The third kappa shape index (κ3) is 1.79. The molecule has 1 aromatic rings. The molecule has 70 valence electrons. The van der Waals surface area contributed by atoms with E-state index < -0.39 is 0 Å². The highest BCUT2D eigenvalue weighted by Gasteiger charge is 2.18. The van der Waals surface area contributed by atoms with Gasteiger partial charge in [0.25, 0.3) is 0 Å². The number of hydrogen-bond acceptors (Lipinski definition) is 1. The van der Waals surface area contributed by atoms with Gasteiger partial charge < -0.3 is 5.32 Å². The minimum atomic E-state index is 0.668. The van der Waals surface area contributed by atoms with E-state index in [9.17, 15) is 0 Å². The van der Waals surface area contributed by atoms with Gasteiger partial charge in [-0.05, 0) is 43.5 Å². The highest BCUT2D eigenvalue weighted by atomic mass is 79.9. The molecule has 0 saturated heterocycles. The Morgan fingerprint density at radius 3 is 3.08 bits per heavy atom. The van der Waals surface area contributed by atoms with Crippen molar-refractivity contribution in [1.82, 2.24) is 5.32 Å². The molecular formula is C11H14BrN. The third-order valence-electron chi connectivity index (χ3n) is 2.83. The summed E-state index contributed by atoms with van der Waals surface area (Å²) in [6.45, 7) is 0. The van der Waals surface area contributed by atoms with E-state index in [1.165, 1.54) is 34.9 Å². The fraction of sp³-hybridized carbons (Fsp3) is 0.455. The first-order valence-corrected chi connectivity index (χ1v) is 5.54. The Labute approximate surface area is 87.7 Å². The molecule has 1 N–H and O–H groups in total. The van der Waals surface area contributed by atoms with E-state index >= 15 is 0 Å². The number of fused-ring (bicyclic) bond motifs is 1. The molecule has 1 aliphatic carbocycles. The monoisotopic (exact) mass is 239 g/mol. The molecule has 1 aliphatic rings. The van der Waals surface area contributed by atoms with Gasteiger partial charge in [0.2, 0.25) is 0 Å². The summed E-state index contributed by atoms with van der Waals surface area (Å²) < 4.78 is 1.28. The van der Waals surface area contributed by atoms with Crippen LogP contribution in [0.3, 0.4) is 0 Å². The Balaban J connectivity index is 2.31. The van der Waals surface area contributed by atoms with Crippen molar-refractivity contribution in [1.29, 1.82) is 0 Å². The van der Waals surface area contributed by atoms with Crippen LogP contribution >= 0.6 is 15.9 Å². The van der Waals surface area contributed by atoms with Crippen LogP contribution in [0.4, 0.5) is 0 Å². The fourth-order valence-corrected chi connectivity index (χ4v) is 2.61. The summed E-state index contributed by atoms with van der Waals surface area (Å²) >= 11 is 3.60. The molecule has 0 bridgehead atoms. The summed E-state index contributed by atoms with van der Waals surface area (Å²) in [5, 5.41) is 3.35. The van der Waals surface area contributed by atoms with Crippen molar-refractivity contribution in [3.63, 3.8) is 0 Å². The molecule has 0 aliphatic heterocycles. The maximum Gasteiger partial charge on any atom is 0.0210 e. The molecule has 1 unspecified atom stereocenters. The largest absolute Gasteiger partial charge is 0.317 e. The van der Waals surface area contributed by atoms with Gasteiger partial charge in [0.15, 0.2) is 0 Å². The summed E-state index contributed by atoms with van der Waals surface area (Å²) in [5.41, 5.74) is 3.01. The number of hydrogen-bond donors (Lipinski definition) is 1. The van der Waals surface area contributed by atoms with Gasteiger partial charge in [0, 0.05) is 10.5 Å². The number of benzene rings is 1. The van der Waals surface area contributed by atoms with E-state index in [2.05, 4.69) is 39.4 Å². The number of likely N-dealkylation sites (N-methyl/N-ethyl adjacent to an activating group) is 1. The highest BCUT2D eigenvalue weighted by molar-refractivity contribution is 9.10. The lowest BCUT2D eigenvalue weighted by atomic mass is 9.88. The Morgan fingerprint density at radius 2 is 2.31 bits per heavy atom. The first kappa shape index (κ1) is 9.22. The topological polar surface area (TPSA) is 12.0 Å². The molecule has 0 heterocycles. The van der Waals surface area contributed by atoms with Crippen molar-refractivity contribution >= 4 is 15.9 Å². The van der Waals surface area contributed by atoms with Crippen molar-refractivity contribution in [2.45, 2.75) is 25.3 Å². The third-order valence-corrected chi connectivity index (χ3v) is 3.58. The van der Waals surface area contributed by atoms with Crippen LogP contribution in [0.1, 0.15) is 17.5 Å². The molecule has 2 heteroatoms. The first-order chi connectivity index (χ1) is 6.31. The second-order valence-corrected chi connectivity index (χ2v) is 4.46. The van der Waals surface area contributed by atoms with Gasteiger partial charge in [0.05, 0.1) is 0 Å². The molecule has 1 aromatic carbocycles. The lowest BCUT2D eigenvalue weighted by Crippen LogP contribution is -2.31. The Kier molecular flexibility index (Phi) is 2.70. The maximum absolute atomic E-state index is 3.60. The summed E-state index contributed by atoms with van der Waals surface area (Å²) in [5.74, 6) is 0. The van der Waals surface area contributed by atoms with E-state index in [4.69, 9.17) is 0 Å². The van der Waals surface area contributed by atoms with Gasteiger partial charge >= 0.3 is 0 Å². The zero-order valence-electron chi connectivity index (χ0n) is 7.81. The minimum Gasteiger partial charge on any atom is -0.317 e. The van der Waals surface area contributed by atoms with E-state index in [1.807, 2.05) is 7.05 Å². The molecule has 2 rings (SSSR count). The lowest BCUT2D eigenvalue weighted by molar-refractivity contribution is 0.495. The van der Waals surface area contributed by atoms with Crippen molar-refractivity contribution in [2.24, 2.45) is 0 Å². The van der Waals surface area contributed by atoms with Gasteiger partial charge in [-0.15, -0.1) is 0 Å². The number of rotatable bonds is 1. The van der Waals surface area contributed by atoms with Crippen LogP contribution in [0.15, 0.2) is 22.7 Å². The molecule has 13 heavy (non-hydrogen) atoms. The molecule has 0 spiro atoms. The van der Waals surface area contributed by atoms with Crippen LogP contribution in [-0.2, 0) is 12.8 Å². The van der Waals surface area contributed by atoms with Gasteiger partial charge in [-0.1, -0.05) is 28.1 Å². The van der Waals surface area contributed by atoms with Crippen molar-refractivity contribution in [3.8, 4) is 0 Å². The Morgan fingerprint density at radius 1 is 1.46 bits per heavy atom. The molecule has 0 amide bonds. The second-order valence-electron chi connectivity index (χ2n) is 3.61. The number of halogens is 1. The maximum atomic E-state index is 3.60. The fourth-order valence-electron chi connectivity index (χ4n) is 2.01. The molecule has 1 nitrogen and oxygen atoms in total. The Hall–Kier alpha value is -0.340. The van der Waals surface area contributed by atoms with Crippen LogP contribution in [-0.4, -0.2) is 13.1 Å². The van der Waals surface area contributed by atoms with Crippen molar-refractivity contribution in [3.05, 3.63) is 33.8 Å². The summed E-state index contributed by atoms with van der Waals surface area (Å²) in [6, 6.07) is 7.17. The molecule has 1 atom stereocenters. The smallest absolute Gasteiger partial charge is 0.0210 e. The SMILES string of the molecule is CNC1CCc2c(Br)cccc2C1. The summed E-state index contributed by atoms with van der Waals surface area (Å²) in [7, 11) is 2.05. The van der Waals surface area contributed by atoms with E-state index in [-0.39, 0.29) is 0 Å². The van der Waals surface area contributed by atoms with Gasteiger partial charge in [-0.2, -0.15) is 0 Å². The second kappa shape index (κ2) is 3.81. The molecule has 0 fully saturated rings. The van der Waals surface area contributed by atoms with Crippen molar-refractivity contribution < 1.29 is 0 Å². The predicted octanol–water partition coefficient (Wildman–Crippen LogP) is 2.53. The van der Waals surface area contributed by atoms with Crippen LogP contribution in [0.5, 0.6) is 0 Å². The summed E-state index contributed by atoms with van der Waals surface area (Å²) in [6.07, 6.45) is 3.62. The standard InChI is InChI=1S/C11H14BrN/c1-13-9-5-6-10-8(7-9)3-2-4-11(10)12/h2-4,9,13H,5-7H2,1H3. The average Bonchev–Trinajstić information content (AvgIpc) is 2.18. The number of nitrogens with one attached hydrogen (secondary N) is 1. The molecule has 0 radical (unpaired) electrons. The van der Waals surface area contributed by atoms with E-state index in [1.54, 1.807) is 0 Å². The molecule has 0 aromatic heterocycles. The molecular weight excluding hydrogens is 226 g/mol. The summed E-state index contributed by atoms with van der Waals surface area (Å²) in [4.78, 5) is 0. The normalized spacial score (nSPS) is 21.2. The highest BCUT2D eigenvalue weighted by Crippen LogP contribution is 2.27. The van der Waals surface area contributed by atoms with E-state index in [0.717, 1.165) is 0 Å². The minimum absolute atomic E-state index is 0.668.